The molecular weight excluding hydrogens is 326 g/mol. The van der Waals surface area contributed by atoms with Crippen LogP contribution in [0.2, 0.25) is 0 Å². The Morgan fingerprint density at radius 2 is 1.77 bits per heavy atom. The molecule has 0 N–H and O–H groups in total. The first-order valence-electron chi connectivity index (χ1n) is 9.40. The van der Waals surface area contributed by atoms with Crippen molar-refractivity contribution in [1.82, 2.24) is 4.90 Å². The van der Waals surface area contributed by atoms with Crippen molar-refractivity contribution in [2.24, 2.45) is 0 Å². The second-order valence-corrected chi connectivity index (χ2v) is 6.70. The van der Waals surface area contributed by atoms with E-state index in [0.717, 1.165) is 63.8 Å². The molecule has 26 heavy (non-hydrogen) atoms. The summed E-state index contributed by atoms with van der Waals surface area (Å²) in [6.07, 6.45) is 1.97. The van der Waals surface area contributed by atoms with Gasteiger partial charge in [-0.05, 0) is 54.7 Å². The number of rotatable bonds is 8. The van der Waals surface area contributed by atoms with Crippen LogP contribution in [-0.4, -0.2) is 51.5 Å². The topological polar surface area (TPSA) is 30.9 Å². The van der Waals surface area contributed by atoms with E-state index in [-0.39, 0.29) is 0 Å². The largest absolute Gasteiger partial charge is 0.497 e. The maximum Gasteiger partial charge on any atom is 0.122 e. The summed E-state index contributed by atoms with van der Waals surface area (Å²) >= 11 is 0. The number of hydrogen-bond acceptors (Lipinski definition) is 4. The van der Waals surface area contributed by atoms with Gasteiger partial charge in [-0.2, -0.15) is 0 Å². The van der Waals surface area contributed by atoms with Gasteiger partial charge in [0.2, 0.25) is 0 Å². The summed E-state index contributed by atoms with van der Waals surface area (Å²) in [7, 11) is 1.71. The highest BCUT2D eigenvalue weighted by atomic mass is 16.5. The molecule has 1 aliphatic heterocycles. The Bertz CT molecular complexity index is 696. The van der Waals surface area contributed by atoms with Crippen LogP contribution in [0.5, 0.6) is 11.5 Å². The summed E-state index contributed by atoms with van der Waals surface area (Å²) in [5.41, 5.74) is 3.90. The monoisotopic (exact) mass is 355 g/mol. The van der Waals surface area contributed by atoms with Crippen molar-refractivity contribution in [3.8, 4) is 11.5 Å². The van der Waals surface area contributed by atoms with Crippen molar-refractivity contribution in [3.63, 3.8) is 0 Å². The lowest BCUT2D eigenvalue weighted by Gasteiger charge is -2.26. The minimum atomic E-state index is 0.721. The van der Waals surface area contributed by atoms with Crippen LogP contribution < -0.4 is 9.47 Å². The highest BCUT2D eigenvalue weighted by molar-refractivity contribution is 5.37. The van der Waals surface area contributed by atoms with Crippen LogP contribution in [0.4, 0.5) is 0 Å². The fourth-order valence-corrected chi connectivity index (χ4v) is 3.31. The summed E-state index contributed by atoms with van der Waals surface area (Å²) < 4.78 is 16.8. The molecule has 0 aliphatic carbocycles. The van der Waals surface area contributed by atoms with E-state index in [9.17, 15) is 0 Å². The first-order valence-corrected chi connectivity index (χ1v) is 9.40. The van der Waals surface area contributed by atoms with Crippen LogP contribution in [0, 0.1) is 6.92 Å². The minimum absolute atomic E-state index is 0.721. The third-order valence-electron chi connectivity index (χ3n) is 4.95. The van der Waals surface area contributed by atoms with Crippen molar-refractivity contribution in [1.29, 1.82) is 0 Å². The highest BCUT2D eigenvalue weighted by Crippen LogP contribution is 2.23. The Kier molecular flexibility index (Phi) is 6.92. The molecule has 0 unspecified atom stereocenters. The Morgan fingerprint density at radius 3 is 2.54 bits per heavy atom. The zero-order valence-corrected chi connectivity index (χ0v) is 15.9. The molecule has 4 heteroatoms. The van der Waals surface area contributed by atoms with Crippen LogP contribution in [0.15, 0.2) is 42.5 Å². The lowest BCUT2D eigenvalue weighted by molar-refractivity contribution is 0.0322. The van der Waals surface area contributed by atoms with Crippen molar-refractivity contribution < 1.29 is 14.2 Å². The van der Waals surface area contributed by atoms with Crippen LogP contribution in [0.1, 0.15) is 16.7 Å². The predicted octanol–water partition coefficient (Wildman–Crippen LogP) is 3.50. The average molecular weight is 355 g/mol. The number of morpholine rings is 1. The zero-order valence-electron chi connectivity index (χ0n) is 15.9. The second kappa shape index (κ2) is 9.60. The minimum Gasteiger partial charge on any atom is -0.497 e. The molecule has 1 fully saturated rings. The van der Waals surface area contributed by atoms with Gasteiger partial charge in [-0.15, -0.1) is 0 Å². The van der Waals surface area contributed by atoms with Crippen LogP contribution >= 0.6 is 0 Å². The van der Waals surface area contributed by atoms with E-state index < -0.39 is 0 Å². The molecule has 0 amide bonds. The summed E-state index contributed by atoms with van der Waals surface area (Å²) in [5.74, 6) is 1.92. The Hall–Kier alpha value is -2.04. The quantitative estimate of drug-likeness (QED) is 0.725. The number of para-hydroxylation sites is 1. The van der Waals surface area contributed by atoms with E-state index in [1.54, 1.807) is 7.11 Å². The Morgan fingerprint density at radius 1 is 1.00 bits per heavy atom. The molecule has 0 bridgehead atoms. The van der Waals surface area contributed by atoms with Crippen molar-refractivity contribution >= 4 is 0 Å². The molecule has 1 heterocycles. The van der Waals surface area contributed by atoms with Gasteiger partial charge in [0.1, 0.15) is 18.1 Å². The van der Waals surface area contributed by atoms with Gasteiger partial charge >= 0.3 is 0 Å². The summed E-state index contributed by atoms with van der Waals surface area (Å²) in [6, 6.07) is 14.7. The van der Waals surface area contributed by atoms with E-state index in [0.29, 0.717) is 0 Å². The van der Waals surface area contributed by atoms with E-state index in [2.05, 4.69) is 42.2 Å². The zero-order chi connectivity index (χ0) is 18.2. The van der Waals surface area contributed by atoms with Crippen molar-refractivity contribution in [3.05, 3.63) is 59.2 Å². The number of aryl methyl sites for hydroxylation is 3. The molecule has 0 atom stereocenters. The van der Waals surface area contributed by atoms with Crippen molar-refractivity contribution in [2.75, 3.05) is 46.6 Å². The SMILES string of the molecule is COc1ccc(CCc2ccccc2OCCN2CCOCC2)c(C)c1. The van der Waals surface area contributed by atoms with Gasteiger partial charge < -0.3 is 14.2 Å². The van der Waals surface area contributed by atoms with Gasteiger partial charge in [0.05, 0.1) is 20.3 Å². The highest BCUT2D eigenvalue weighted by Gasteiger charge is 2.11. The Labute approximate surface area is 156 Å². The number of nitrogens with zero attached hydrogens (tertiary/aromatic N) is 1. The number of hydrogen-bond donors (Lipinski definition) is 0. The molecule has 0 saturated carbocycles. The lowest BCUT2D eigenvalue weighted by atomic mass is 10.00. The first-order chi connectivity index (χ1) is 12.8. The maximum atomic E-state index is 6.09. The van der Waals surface area contributed by atoms with Gasteiger partial charge in [-0.3, -0.25) is 4.90 Å². The molecule has 2 aromatic carbocycles. The van der Waals surface area contributed by atoms with Gasteiger partial charge in [-0.25, -0.2) is 0 Å². The van der Waals surface area contributed by atoms with Crippen molar-refractivity contribution in [2.45, 2.75) is 19.8 Å². The average Bonchev–Trinajstić information content (AvgIpc) is 2.68. The third kappa shape index (κ3) is 5.23. The molecule has 0 aromatic heterocycles. The maximum absolute atomic E-state index is 6.09. The van der Waals surface area contributed by atoms with Gasteiger partial charge in [0.15, 0.2) is 0 Å². The van der Waals surface area contributed by atoms with Crippen LogP contribution in [-0.2, 0) is 17.6 Å². The molecule has 3 rings (SSSR count). The standard InChI is InChI=1S/C22H29NO3/c1-18-17-21(24-2)10-9-19(18)7-8-20-5-3-4-6-22(20)26-16-13-23-11-14-25-15-12-23/h3-6,9-10,17H,7-8,11-16H2,1-2H3. The van der Waals surface area contributed by atoms with Gasteiger partial charge in [0, 0.05) is 19.6 Å². The lowest BCUT2D eigenvalue weighted by Crippen LogP contribution is -2.38. The summed E-state index contributed by atoms with van der Waals surface area (Å²) in [5, 5.41) is 0. The Balaban J connectivity index is 1.55. The molecular formula is C22H29NO3. The third-order valence-corrected chi connectivity index (χ3v) is 4.95. The predicted molar refractivity (Wildman–Crippen MR) is 104 cm³/mol. The van der Waals surface area contributed by atoms with E-state index in [1.165, 1.54) is 16.7 Å². The summed E-state index contributed by atoms with van der Waals surface area (Å²) in [6.45, 7) is 7.48. The smallest absolute Gasteiger partial charge is 0.122 e. The molecule has 4 nitrogen and oxygen atoms in total. The first kappa shape index (κ1) is 18.7. The second-order valence-electron chi connectivity index (χ2n) is 6.70. The molecule has 1 saturated heterocycles. The molecule has 1 aliphatic rings. The van der Waals surface area contributed by atoms with Gasteiger partial charge in [0.25, 0.3) is 0 Å². The number of methoxy groups -OCH3 is 1. The van der Waals surface area contributed by atoms with Crippen LogP contribution in [0.25, 0.3) is 0 Å². The van der Waals surface area contributed by atoms with E-state index in [1.807, 2.05) is 12.1 Å². The fraction of sp³-hybridized carbons (Fsp3) is 0.455. The van der Waals surface area contributed by atoms with Gasteiger partial charge in [-0.1, -0.05) is 24.3 Å². The van der Waals surface area contributed by atoms with E-state index in [4.69, 9.17) is 14.2 Å². The van der Waals surface area contributed by atoms with Crippen LogP contribution in [0.3, 0.4) is 0 Å². The van der Waals surface area contributed by atoms with E-state index >= 15 is 0 Å². The molecule has 140 valence electrons. The summed E-state index contributed by atoms with van der Waals surface area (Å²) in [4.78, 5) is 2.40. The molecule has 2 aromatic rings. The molecule has 0 spiro atoms. The normalized spacial score (nSPS) is 15.0. The number of benzene rings is 2. The number of ether oxygens (including phenoxy) is 3. The fourth-order valence-electron chi connectivity index (χ4n) is 3.31. The molecule has 0 radical (unpaired) electrons.